The number of halogens is 1. The van der Waals surface area contributed by atoms with Gasteiger partial charge in [-0.15, -0.1) is 0 Å². The molecule has 1 aliphatic carbocycles. The Balaban J connectivity index is 1.53. The van der Waals surface area contributed by atoms with Crippen molar-refractivity contribution in [3.05, 3.63) is 65.0 Å². The molecule has 2 heteroatoms. The van der Waals surface area contributed by atoms with Gasteiger partial charge in [-0.1, -0.05) is 57.0 Å². The van der Waals surface area contributed by atoms with E-state index in [0.717, 1.165) is 36.3 Å². The molecule has 0 spiro atoms. The zero-order valence-electron chi connectivity index (χ0n) is 16.8. The molecule has 3 rings (SSSR count). The number of aryl methyl sites for hydroxylation is 1. The van der Waals surface area contributed by atoms with E-state index < -0.39 is 0 Å². The molecule has 0 N–H and O–H groups in total. The molecule has 1 fully saturated rings. The lowest BCUT2D eigenvalue weighted by Gasteiger charge is -2.28. The van der Waals surface area contributed by atoms with Gasteiger partial charge < -0.3 is 4.74 Å². The summed E-state index contributed by atoms with van der Waals surface area (Å²) >= 11 is 0. The monoisotopic (exact) mass is 368 g/mol. The van der Waals surface area contributed by atoms with E-state index in [4.69, 9.17) is 4.74 Å². The predicted molar refractivity (Wildman–Crippen MR) is 111 cm³/mol. The maximum absolute atomic E-state index is 14.2. The van der Waals surface area contributed by atoms with Crippen molar-refractivity contribution >= 4 is 0 Å². The number of benzene rings is 2. The van der Waals surface area contributed by atoms with Crippen LogP contribution in [0, 0.1) is 11.7 Å². The molecule has 2 aromatic carbocycles. The van der Waals surface area contributed by atoms with Crippen LogP contribution < -0.4 is 4.74 Å². The van der Waals surface area contributed by atoms with Gasteiger partial charge in [0.05, 0.1) is 0 Å². The van der Waals surface area contributed by atoms with E-state index in [0.29, 0.717) is 18.3 Å². The van der Waals surface area contributed by atoms with Crippen molar-refractivity contribution in [3.63, 3.8) is 0 Å². The van der Waals surface area contributed by atoms with Gasteiger partial charge in [0, 0.05) is 0 Å². The summed E-state index contributed by atoms with van der Waals surface area (Å²) in [4.78, 5) is 0. The second-order valence-electron chi connectivity index (χ2n) is 8.02. The number of rotatable bonds is 8. The summed E-state index contributed by atoms with van der Waals surface area (Å²) < 4.78 is 19.9. The van der Waals surface area contributed by atoms with Crippen molar-refractivity contribution in [1.29, 1.82) is 0 Å². The standard InChI is InChI=1S/C25H33FO/c1-3-5-6-20-11-16-25(24(26)17-20)27-18-21-9-14-23(15-10-21)22-12-7-19(4-2)8-13-22/h9-11,14-17,19,22H,3-8,12-13,18H2,1-2H3. The van der Waals surface area contributed by atoms with Gasteiger partial charge in [0.15, 0.2) is 11.6 Å². The van der Waals surface area contributed by atoms with Gasteiger partial charge >= 0.3 is 0 Å². The molecule has 0 heterocycles. The Bertz CT molecular complexity index is 699. The Kier molecular flexibility index (Phi) is 7.32. The molecule has 0 saturated heterocycles. The van der Waals surface area contributed by atoms with Crippen LogP contribution in [-0.2, 0) is 13.0 Å². The average Bonchev–Trinajstić information content (AvgIpc) is 2.72. The summed E-state index contributed by atoms with van der Waals surface area (Å²) in [5, 5.41) is 0. The fraction of sp³-hybridized carbons (Fsp3) is 0.520. The smallest absolute Gasteiger partial charge is 0.165 e. The fourth-order valence-electron chi connectivity index (χ4n) is 4.15. The second kappa shape index (κ2) is 9.92. The van der Waals surface area contributed by atoms with Gasteiger partial charge in [-0.05, 0) is 79.2 Å². The average molecular weight is 369 g/mol. The number of hydrogen-bond acceptors (Lipinski definition) is 1. The van der Waals surface area contributed by atoms with E-state index in [9.17, 15) is 4.39 Å². The lowest BCUT2D eigenvalue weighted by atomic mass is 9.78. The molecule has 27 heavy (non-hydrogen) atoms. The molecule has 0 unspecified atom stereocenters. The summed E-state index contributed by atoms with van der Waals surface area (Å²) in [7, 11) is 0. The number of ether oxygens (including phenoxy) is 1. The van der Waals surface area contributed by atoms with E-state index in [-0.39, 0.29) is 5.82 Å². The Labute approximate surface area is 164 Å². The van der Waals surface area contributed by atoms with Crippen LogP contribution in [0.5, 0.6) is 5.75 Å². The maximum atomic E-state index is 14.2. The summed E-state index contributed by atoms with van der Waals surface area (Å²) in [6.07, 6.45) is 9.80. The minimum atomic E-state index is -0.257. The van der Waals surface area contributed by atoms with Crippen LogP contribution in [-0.4, -0.2) is 0 Å². The minimum Gasteiger partial charge on any atom is -0.486 e. The zero-order chi connectivity index (χ0) is 19.1. The van der Waals surface area contributed by atoms with E-state index >= 15 is 0 Å². The van der Waals surface area contributed by atoms with Gasteiger partial charge in [-0.3, -0.25) is 0 Å². The molecule has 0 amide bonds. The van der Waals surface area contributed by atoms with Crippen LogP contribution in [0.2, 0.25) is 0 Å². The first-order chi connectivity index (χ1) is 13.2. The molecule has 1 nitrogen and oxygen atoms in total. The topological polar surface area (TPSA) is 9.23 Å². The molecule has 0 bridgehead atoms. The maximum Gasteiger partial charge on any atom is 0.165 e. The van der Waals surface area contributed by atoms with E-state index in [2.05, 4.69) is 38.1 Å². The third-order valence-corrected chi connectivity index (χ3v) is 6.08. The highest BCUT2D eigenvalue weighted by Crippen LogP contribution is 2.37. The first-order valence-corrected chi connectivity index (χ1v) is 10.7. The molecule has 1 saturated carbocycles. The van der Waals surface area contributed by atoms with Gasteiger partial charge in [0.1, 0.15) is 6.61 Å². The van der Waals surface area contributed by atoms with Crippen LogP contribution in [0.25, 0.3) is 0 Å². The molecule has 1 aliphatic rings. The summed E-state index contributed by atoms with van der Waals surface area (Å²) in [6.45, 7) is 4.87. The Hall–Kier alpha value is -1.83. The van der Waals surface area contributed by atoms with Crippen molar-refractivity contribution in [2.75, 3.05) is 0 Å². The molecule has 0 atom stereocenters. The first kappa shape index (κ1) is 19.9. The largest absolute Gasteiger partial charge is 0.486 e. The van der Waals surface area contributed by atoms with E-state index in [1.807, 2.05) is 6.07 Å². The summed E-state index contributed by atoms with van der Waals surface area (Å²) in [6, 6.07) is 14.1. The molecule has 0 aliphatic heterocycles. The van der Waals surface area contributed by atoms with Crippen molar-refractivity contribution in [3.8, 4) is 5.75 Å². The lowest BCUT2D eigenvalue weighted by Crippen LogP contribution is -2.12. The van der Waals surface area contributed by atoms with Gasteiger partial charge in [0.2, 0.25) is 0 Å². The van der Waals surface area contributed by atoms with Crippen LogP contribution in [0.3, 0.4) is 0 Å². The summed E-state index contributed by atoms with van der Waals surface area (Å²) in [5.74, 6) is 1.72. The molecule has 2 aromatic rings. The normalized spacial score (nSPS) is 19.8. The van der Waals surface area contributed by atoms with Gasteiger partial charge in [-0.25, -0.2) is 4.39 Å². The quantitative estimate of drug-likeness (QED) is 0.471. The fourth-order valence-corrected chi connectivity index (χ4v) is 4.15. The molecular weight excluding hydrogens is 335 g/mol. The van der Waals surface area contributed by atoms with Crippen LogP contribution >= 0.6 is 0 Å². The number of unbranched alkanes of at least 4 members (excludes halogenated alkanes) is 1. The molecule has 0 radical (unpaired) electrons. The van der Waals surface area contributed by atoms with E-state index in [1.54, 1.807) is 12.1 Å². The summed E-state index contributed by atoms with van der Waals surface area (Å²) in [5.41, 5.74) is 3.58. The van der Waals surface area contributed by atoms with Crippen molar-refractivity contribution in [2.45, 2.75) is 77.7 Å². The van der Waals surface area contributed by atoms with Gasteiger partial charge in [-0.2, -0.15) is 0 Å². The zero-order valence-corrected chi connectivity index (χ0v) is 16.8. The third kappa shape index (κ3) is 5.57. The highest BCUT2D eigenvalue weighted by molar-refractivity contribution is 5.30. The SMILES string of the molecule is CCCCc1ccc(OCc2ccc(C3CCC(CC)CC3)cc2)c(F)c1. The first-order valence-electron chi connectivity index (χ1n) is 10.7. The van der Waals surface area contributed by atoms with Gasteiger partial charge in [0.25, 0.3) is 0 Å². The van der Waals surface area contributed by atoms with Crippen molar-refractivity contribution < 1.29 is 9.13 Å². The Morgan fingerprint density at radius 3 is 2.26 bits per heavy atom. The van der Waals surface area contributed by atoms with E-state index in [1.165, 1.54) is 37.7 Å². The van der Waals surface area contributed by atoms with Crippen molar-refractivity contribution in [1.82, 2.24) is 0 Å². The molecule has 146 valence electrons. The minimum absolute atomic E-state index is 0.257. The van der Waals surface area contributed by atoms with Crippen LogP contribution in [0.4, 0.5) is 4.39 Å². The molecule has 0 aromatic heterocycles. The van der Waals surface area contributed by atoms with Crippen molar-refractivity contribution in [2.24, 2.45) is 5.92 Å². The highest BCUT2D eigenvalue weighted by Gasteiger charge is 2.21. The third-order valence-electron chi connectivity index (χ3n) is 6.08. The predicted octanol–water partition coefficient (Wildman–Crippen LogP) is 7.43. The Morgan fingerprint density at radius 1 is 0.926 bits per heavy atom. The molecular formula is C25H33FO. The Morgan fingerprint density at radius 2 is 1.63 bits per heavy atom. The van der Waals surface area contributed by atoms with Crippen LogP contribution in [0.1, 0.15) is 81.4 Å². The second-order valence-corrected chi connectivity index (χ2v) is 8.02. The van der Waals surface area contributed by atoms with Crippen LogP contribution in [0.15, 0.2) is 42.5 Å². The lowest BCUT2D eigenvalue weighted by molar-refractivity contribution is 0.290. The highest BCUT2D eigenvalue weighted by atomic mass is 19.1. The number of hydrogen-bond donors (Lipinski definition) is 0.